The van der Waals surface area contributed by atoms with Crippen LogP contribution >= 0.6 is 0 Å². The van der Waals surface area contributed by atoms with Gasteiger partial charge in [0.25, 0.3) is 0 Å². The molecular weight excluding hydrogens is 587 g/mol. The molecule has 4 nitrogen and oxygen atoms in total. The largest absolute Gasteiger partial charge is 0.456 e. The molecule has 0 aliphatic carbocycles. The van der Waals surface area contributed by atoms with Crippen molar-refractivity contribution in [2.45, 2.75) is 0 Å². The standard InChI is InChI=1S/C44H27N3O/c1-2-11-28(12-3-1)29-13-10-14-32(25-29)43-36-17-4-7-18-38(36)45-44(46-43)47-39-19-8-5-15-33(39)37-26-30(22-24-40(37)47)31-21-23-35-34-16-6-9-20-41(34)48-42(35)27-31/h1-27H. The minimum absolute atomic E-state index is 0.649. The summed E-state index contributed by atoms with van der Waals surface area (Å²) in [7, 11) is 0. The highest BCUT2D eigenvalue weighted by atomic mass is 16.3. The van der Waals surface area contributed by atoms with Gasteiger partial charge in [-0.3, -0.25) is 4.57 Å². The molecule has 0 aliphatic heterocycles. The van der Waals surface area contributed by atoms with Crippen LogP contribution in [0.1, 0.15) is 0 Å². The molecule has 0 saturated heterocycles. The fraction of sp³-hybridized carbons (Fsp3) is 0. The minimum atomic E-state index is 0.649. The van der Waals surface area contributed by atoms with Crippen LogP contribution in [0.4, 0.5) is 0 Å². The Morgan fingerprint density at radius 3 is 1.94 bits per heavy atom. The van der Waals surface area contributed by atoms with Gasteiger partial charge in [0.15, 0.2) is 0 Å². The van der Waals surface area contributed by atoms with E-state index in [-0.39, 0.29) is 0 Å². The van der Waals surface area contributed by atoms with Crippen molar-refractivity contribution in [3.05, 3.63) is 164 Å². The zero-order valence-corrected chi connectivity index (χ0v) is 25.8. The van der Waals surface area contributed by atoms with Gasteiger partial charge in [0, 0.05) is 32.5 Å². The summed E-state index contributed by atoms with van der Waals surface area (Å²) in [5.74, 6) is 0.649. The van der Waals surface area contributed by atoms with Crippen LogP contribution in [0.2, 0.25) is 0 Å². The molecule has 224 valence electrons. The maximum Gasteiger partial charge on any atom is 0.235 e. The van der Waals surface area contributed by atoms with Crippen molar-refractivity contribution in [2.24, 2.45) is 0 Å². The molecule has 0 fully saturated rings. The van der Waals surface area contributed by atoms with Crippen LogP contribution in [0, 0.1) is 0 Å². The second-order valence-electron chi connectivity index (χ2n) is 12.2. The lowest BCUT2D eigenvalue weighted by Crippen LogP contribution is -2.03. The quantitative estimate of drug-likeness (QED) is 0.198. The Bertz CT molecular complexity index is 2840. The predicted molar refractivity (Wildman–Crippen MR) is 197 cm³/mol. The minimum Gasteiger partial charge on any atom is -0.456 e. The van der Waals surface area contributed by atoms with Crippen molar-refractivity contribution < 1.29 is 4.42 Å². The van der Waals surface area contributed by atoms with E-state index in [1.54, 1.807) is 0 Å². The van der Waals surface area contributed by atoms with E-state index in [1.165, 1.54) is 5.56 Å². The van der Waals surface area contributed by atoms with Gasteiger partial charge in [-0.05, 0) is 70.8 Å². The molecule has 0 aliphatic rings. The lowest BCUT2D eigenvalue weighted by atomic mass is 10.00. The van der Waals surface area contributed by atoms with Crippen molar-refractivity contribution in [1.29, 1.82) is 0 Å². The summed E-state index contributed by atoms with van der Waals surface area (Å²) >= 11 is 0. The van der Waals surface area contributed by atoms with Gasteiger partial charge in [-0.25, -0.2) is 9.97 Å². The zero-order valence-electron chi connectivity index (χ0n) is 25.8. The lowest BCUT2D eigenvalue weighted by molar-refractivity contribution is 0.669. The molecule has 0 unspecified atom stereocenters. The van der Waals surface area contributed by atoms with Gasteiger partial charge in [0.1, 0.15) is 11.2 Å². The summed E-state index contributed by atoms with van der Waals surface area (Å²) in [5.41, 5.74) is 11.4. The molecule has 4 heteroatoms. The summed E-state index contributed by atoms with van der Waals surface area (Å²) in [5, 5.41) is 5.60. The number of hydrogen-bond acceptors (Lipinski definition) is 3. The molecule has 0 saturated carbocycles. The number of nitrogens with zero attached hydrogens (tertiary/aromatic N) is 3. The monoisotopic (exact) mass is 613 g/mol. The van der Waals surface area contributed by atoms with Gasteiger partial charge >= 0.3 is 0 Å². The molecule has 0 radical (unpaired) electrons. The van der Waals surface area contributed by atoms with Crippen molar-refractivity contribution in [3.63, 3.8) is 0 Å². The molecule has 3 aromatic heterocycles. The van der Waals surface area contributed by atoms with Gasteiger partial charge in [-0.1, -0.05) is 115 Å². The number of aromatic nitrogens is 3. The van der Waals surface area contributed by atoms with E-state index in [0.29, 0.717) is 5.95 Å². The Morgan fingerprint density at radius 1 is 0.375 bits per heavy atom. The average molecular weight is 614 g/mol. The average Bonchev–Trinajstić information content (AvgIpc) is 3.70. The number of hydrogen-bond donors (Lipinski definition) is 0. The Hall–Kier alpha value is -6.52. The first-order valence-corrected chi connectivity index (χ1v) is 16.2. The summed E-state index contributed by atoms with van der Waals surface area (Å²) in [6.45, 7) is 0. The van der Waals surface area contributed by atoms with Crippen LogP contribution in [0.25, 0.3) is 94.1 Å². The second-order valence-corrected chi connectivity index (χ2v) is 12.2. The maximum atomic E-state index is 6.23. The van der Waals surface area contributed by atoms with E-state index in [1.807, 2.05) is 24.3 Å². The third kappa shape index (κ3) is 4.16. The highest BCUT2D eigenvalue weighted by molar-refractivity contribution is 6.11. The molecule has 0 N–H and O–H groups in total. The van der Waals surface area contributed by atoms with Gasteiger partial charge in [-0.2, -0.15) is 0 Å². The zero-order chi connectivity index (χ0) is 31.6. The number of furan rings is 1. The number of benzene rings is 7. The van der Waals surface area contributed by atoms with E-state index in [2.05, 4.69) is 144 Å². The first-order chi connectivity index (χ1) is 23.8. The molecule has 48 heavy (non-hydrogen) atoms. The van der Waals surface area contributed by atoms with Gasteiger partial charge < -0.3 is 4.42 Å². The molecule has 0 atom stereocenters. The SMILES string of the molecule is c1ccc(-c2cccc(-c3nc(-n4c5ccccc5c5cc(-c6ccc7c(c6)oc6ccccc67)ccc54)nc4ccccc34)c2)cc1. The molecular formula is C44H27N3O. The van der Waals surface area contributed by atoms with E-state index < -0.39 is 0 Å². The normalized spacial score (nSPS) is 11.8. The smallest absolute Gasteiger partial charge is 0.235 e. The van der Waals surface area contributed by atoms with E-state index >= 15 is 0 Å². The van der Waals surface area contributed by atoms with Crippen LogP contribution in [0.3, 0.4) is 0 Å². The second kappa shape index (κ2) is 10.5. The Kier molecular flexibility index (Phi) is 5.84. The highest BCUT2D eigenvalue weighted by Crippen LogP contribution is 2.38. The fourth-order valence-electron chi connectivity index (χ4n) is 7.13. The van der Waals surface area contributed by atoms with Crippen molar-refractivity contribution in [2.75, 3.05) is 0 Å². The Morgan fingerprint density at radius 2 is 1.02 bits per heavy atom. The summed E-state index contributed by atoms with van der Waals surface area (Å²) in [6, 6.07) is 57.3. The molecule has 10 rings (SSSR count). The van der Waals surface area contributed by atoms with Crippen LogP contribution in [-0.2, 0) is 0 Å². The molecule has 3 heterocycles. The maximum absolute atomic E-state index is 6.23. The first kappa shape index (κ1) is 26.7. The molecule has 7 aromatic carbocycles. The van der Waals surface area contributed by atoms with E-state index in [4.69, 9.17) is 14.4 Å². The lowest BCUT2D eigenvalue weighted by Gasteiger charge is -2.12. The number of fused-ring (bicyclic) bond motifs is 7. The fourth-order valence-corrected chi connectivity index (χ4v) is 7.13. The van der Waals surface area contributed by atoms with E-state index in [9.17, 15) is 0 Å². The third-order valence-electron chi connectivity index (χ3n) is 9.42. The van der Waals surface area contributed by atoms with Crippen molar-refractivity contribution in [1.82, 2.24) is 14.5 Å². The Labute approximate surface area is 276 Å². The first-order valence-electron chi connectivity index (χ1n) is 16.2. The summed E-state index contributed by atoms with van der Waals surface area (Å²) < 4.78 is 8.43. The van der Waals surface area contributed by atoms with E-state index in [0.717, 1.165) is 82.6 Å². The van der Waals surface area contributed by atoms with Crippen molar-refractivity contribution >= 4 is 54.6 Å². The van der Waals surface area contributed by atoms with Gasteiger partial charge in [0.2, 0.25) is 5.95 Å². The van der Waals surface area contributed by atoms with Gasteiger partial charge in [0.05, 0.1) is 22.2 Å². The van der Waals surface area contributed by atoms with Crippen LogP contribution in [0.5, 0.6) is 0 Å². The van der Waals surface area contributed by atoms with Gasteiger partial charge in [-0.15, -0.1) is 0 Å². The predicted octanol–water partition coefficient (Wildman–Crippen LogP) is 11.6. The highest BCUT2D eigenvalue weighted by Gasteiger charge is 2.18. The summed E-state index contributed by atoms with van der Waals surface area (Å²) in [4.78, 5) is 10.5. The van der Waals surface area contributed by atoms with Crippen LogP contribution < -0.4 is 0 Å². The summed E-state index contributed by atoms with van der Waals surface area (Å²) in [6.07, 6.45) is 0. The molecule has 10 aromatic rings. The molecule has 0 bridgehead atoms. The van der Waals surface area contributed by atoms with Crippen LogP contribution in [0.15, 0.2) is 168 Å². The Balaban J connectivity index is 1.17. The van der Waals surface area contributed by atoms with Crippen LogP contribution in [-0.4, -0.2) is 14.5 Å². The number of rotatable bonds is 4. The topological polar surface area (TPSA) is 43.9 Å². The molecule has 0 amide bonds. The molecule has 0 spiro atoms. The number of para-hydroxylation sites is 3. The third-order valence-corrected chi connectivity index (χ3v) is 9.42. The van der Waals surface area contributed by atoms with Crippen molar-refractivity contribution in [3.8, 4) is 39.5 Å².